The van der Waals surface area contributed by atoms with Gasteiger partial charge in [-0.1, -0.05) is 38.7 Å². The molecule has 0 N–H and O–H groups in total. The lowest BCUT2D eigenvalue weighted by molar-refractivity contribution is 0.142. The summed E-state index contributed by atoms with van der Waals surface area (Å²) in [4.78, 5) is 0. The zero-order chi connectivity index (χ0) is 15.6. The molecule has 2 rings (SSSR count). The normalized spacial score (nSPS) is 32.7. The first kappa shape index (κ1) is 17.4. The maximum Gasteiger partial charge on any atom is 0.0901 e. The lowest BCUT2D eigenvalue weighted by Crippen LogP contribution is -2.19. The van der Waals surface area contributed by atoms with Crippen LogP contribution in [0.2, 0.25) is 0 Å². The van der Waals surface area contributed by atoms with Crippen molar-refractivity contribution in [2.75, 3.05) is 6.61 Å². The van der Waals surface area contributed by atoms with E-state index in [2.05, 4.69) is 19.1 Å². The topological polar surface area (TPSA) is 33.0 Å². The van der Waals surface area contributed by atoms with Crippen molar-refractivity contribution in [3.63, 3.8) is 0 Å². The van der Waals surface area contributed by atoms with Crippen LogP contribution in [0.3, 0.4) is 0 Å². The van der Waals surface area contributed by atoms with E-state index in [1.54, 1.807) is 0 Å². The fourth-order valence-corrected chi connectivity index (χ4v) is 4.09. The van der Waals surface area contributed by atoms with Crippen LogP contribution in [0.25, 0.3) is 0 Å². The SMILES string of the molecule is CCC=COCC1CCC(CCC2CCC(C#N)CC2)CC1. The zero-order valence-electron chi connectivity index (χ0n) is 14.3. The van der Waals surface area contributed by atoms with Crippen LogP contribution < -0.4 is 0 Å². The van der Waals surface area contributed by atoms with Crippen molar-refractivity contribution in [2.45, 2.75) is 77.6 Å². The van der Waals surface area contributed by atoms with Gasteiger partial charge in [-0.15, -0.1) is 0 Å². The molecule has 2 aliphatic carbocycles. The summed E-state index contributed by atoms with van der Waals surface area (Å²) in [5, 5.41) is 8.96. The van der Waals surface area contributed by atoms with E-state index in [1.807, 2.05) is 6.26 Å². The Morgan fingerprint density at radius 3 is 2.00 bits per heavy atom. The van der Waals surface area contributed by atoms with Crippen LogP contribution in [-0.2, 0) is 4.74 Å². The van der Waals surface area contributed by atoms with Crippen molar-refractivity contribution >= 4 is 0 Å². The highest BCUT2D eigenvalue weighted by atomic mass is 16.5. The molecule has 2 saturated carbocycles. The molecular formula is C20H33NO. The lowest BCUT2D eigenvalue weighted by atomic mass is 9.76. The van der Waals surface area contributed by atoms with Crippen LogP contribution in [0.4, 0.5) is 0 Å². The Labute approximate surface area is 136 Å². The second-order valence-electron chi connectivity index (χ2n) is 7.42. The Bertz CT molecular complexity index is 354. The molecular weight excluding hydrogens is 270 g/mol. The molecule has 0 amide bonds. The van der Waals surface area contributed by atoms with Gasteiger partial charge in [-0.05, 0) is 62.7 Å². The maximum atomic E-state index is 8.96. The number of rotatable bonds is 7. The molecule has 0 radical (unpaired) electrons. The third-order valence-electron chi connectivity index (χ3n) is 5.74. The Morgan fingerprint density at radius 1 is 0.909 bits per heavy atom. The fraction of sp³-hybridized carbons (Fsp3) is 0.850. The molecule has 0 aromatic heterocycles. The third kappa shape index (κ3) is 6.03. The van der Waals surface area contributed by atoms with Crippen molar-refractivity contribution in [3.05, 3.63) is 12.3 Å². The van der Waals surface area contributed by atoms with Gasteiger partial charge in [0.2, 0.25) is 0 Å². The highest BCUT2D eigenvalue weighted by Gasteiger charge is 2.24. The van der Waals surface area contributed by atoms with E-state index < -0.39 is 0 Å². The monoisotopic (exact) mass is 303 g/mol. The van der Waals surface area contributed by atoms with Crippen molar-refractivity contribution < 1.29 is 4.74 Å². The first-order valence-electron chi connectivity index (χ1n) is 9.48. The van der Waals surface area contributed by atoms with E-state index in [0.29, 0.717) is 5.92 Å². The van der Waals surface area contributed by atoms with Gasteiger partial charge in [-0.3, -0.25) is 0 Å². The molecule has 124 valence electrons. The van der Waals surface area contributed by atoms with Crippen LogP contribution in [0, 0.1) is 35.0 Å². The van der Waals surface area contributed by atoms with Crippen LogP contribution >= 0.6 is 0 Å². The summed E-state index contributed by atoms with van der Waals surface area (Å²) in [5.74, 6) is 3.00. The molecule has 0 unspecified atom stereocenters. The number of nitriles is 1. The largest absolute Gasteiger partial charge is 0.501 e. The molecule has 0 aliphatic heterocycles. The highest BCUT2D eigenvalue weighted by molar-refractivity contribution is 4.87. The molecule has 0 spiro atoms. The predicted molar refractivity (Wildman–Crippen MR) is 91.1 cm³/mol. The van der Waals surface area contributed by atoms with Crippen LogP contribution in [0.1, 0.15) is 77.6 Å². The third-order valence-corrected chi connectivity index (χ3v) is 5.74. The van der Waals surface area contributed by atoms with Crippen molar-refractivity contribution in [3.8, 4) is 6.07 Å². The Hall–Kier alpha value is -0.970. The van der Waals surface area contributed by atoms with Crippen molar-refractivity contribution in [2.24, 2.45) is 23.7 Å². The van der Waals surface area contributed by atoms with Crippen molar-refractivity contribution in [1.29, 1.82) is 5.26 Å². The molecule has 22 heavy (non-hydrogen) atoms. The van der Waals surface area contributed by atoms with Crippen molar-refractivity contribution in [1.82, 2.24) is 0 Å². The summed E-state index contributed by atoms with van der Waals surface area (Å²) in [6.07, 6.45) is 18.3. The molecule has 0 aromatic rings. The lowest BCUT2D eigenvalue weighted by Gasteiger charge is -2.30. The van der Waals surface area contributed by atoms with E-state index in [0.717, 1.165) is 43.6 Å². The summed E-state index contributed by atoms with van der Waals surface area (Å²) in [6.45, 7) is 3.05. The van der Waals surface area contributed by atoms with Gasteiger partial charge >= 0.3 is 0 Å². The molecule has 0 saturated heterocycles. The summed E-state index contributed by atoms with van der Waals surface area (Å²) in [7, 11) is 0. The molecule has 2 aliphatic rings. The summed E-state index contributed by atoms with van der Waals surface area (Å²) in [5.41, 5.74) is 0. The molecule has 0 atom stereocenters. The second kappa shape index (κ2) is 9.93. The molecule has 2 nitrogen and oxygen atoms in total. The minimum absolute atomic E-state index is 0.355. The predicted octanol–water partition coefficient (Wildman–Crippen LogP) is 5.84. The maximum absolute atomic E-state index is 8.96. The summed E-state index contributed by atoms with van der Waals surface area (Å²) >= 11 is 0. The van der Waals surface area contributed by atoms with Gasteiger partial charge < -0.3 is 4.74 Å². The first-order chi connectivity index (χ1) is 10.8. The molecule has 0 heterocycles. The van der Waals surface area contributed by atoms with Crippen LogP contribution in [0.5, 0.6) is 0 Å². The quantitative estimate of drug-likeness (QED) is 0.553. The second-order valence-corrected chi connectivity index (χ2v) is 7.42. The van der Waals surface area contributed by atoms with Gasteiger partial charge in [0, 0.05) is 5.92 Å². The Balaban J connectivity index is 1.54. The molecule has 2 fully saturated rings. The van der Waals surface area contributed by atoms with E-state index in [9.17, 15) is 0 Å². The van der Waals surface area contributed by atoms with Crippen LogP contribution in [0.15, 0.2) is 12.3 Å². The number of nitrogens with zero attached hydrogens (tertiary/aromatic N) is 1. The number of hydrogen-bond acceptors (Lipinski definition) is 2. The highest BCUT2D eigenvalue weighted by Crippen LogP contribution is 2.36. The smallest absolute Gasteiger partial charge is 0.0901 e. The Morgan fingerprint density at radius 2 is 1.45 bits per heavy atom. The molecule has 2 heteroatoms. The average Bonchev–Trinajstić information content (AvgIpc) is 2.58. The minimum atomic E-state index is 0.355. The van der Waals surface area contributed by atoms with Crippen LogP contribution in [-0.4, -0.2) is 6.61 Å². The zero-order valence-corrected chi connectivity index (χ0v) is 14.3. The number of ether oxygens (including phenoxy) is 1. The number of allylic oxidation sites excluding steroid dienone is 1. The van der Waals surface area contributed by atoms with Gasteiger partial charge in [0.15, 0.2) is 0 Å². The van der Waals surface area contributed by atoms with Gasteiger partial charge in [0.05, 0.1) is 18.9 Å². The van der Waals surface area contributed by atoms with E-state index >= 15 is 0 Å². The van der Waals surface area contributed by atoms with Gasteiger partial charge in [0.25, 0.3) is 0 Å². The summed E-state index contributed by atoms with van der Waals surface area (Å²) in [6, 6.07) is 2.44. The minimum Gasteiger partial charge on any atom is -0.501 e. The fourth-order valence-electron chi connectivity index (χ4n) is 4.09. The van der Waals surface area contributed by atoms with Gasteiger partial charge in [-0.25, -0.2) is 0 Å². The average molecular weight is 303 g/mol. The Kier molecular flexibility index (Phi) is 7.85. The van der Waals surface area contributed by atoms with Gasteiger partial charge in [0.1, 0.15) is 0 Å². The van der Waals surface area contributed by atoms with E-state index in [1.165, 1.54) is 51.4 Å². The van der Waals surface area contributed by atoms with E-state index in [-0.39, 0.29) is 0 Å². The summed E-state index contributed by atoms with van der Waals surface area (Å²) < 4.78 is 5.62. The molecule has 0 aromatic carbocycles. The number of hydrogen-bond donors (Lipinski definition) is 0. The van der Waals surface area contributed by atoms with Gasteiger partial charge in [-0.2, -0.15) is 5.26 Å². The standard InChI is InChI=1S/C20H33NO/c1-2-3-14-22-16-20-12-8-18(9-13-20)5-4-17-6-10-19(15-21)11-7-17/h3,14,17-20H,2,4-13,16H2,1H3. The first-order valence-corrected chi connectivity index (χ1v) is 9.48. The molecule has 0 bridgehead atoms. The van der Waals surface area contributed by atoms with E-state index in [4.69, 9.17) is 10.00 Å².